The molecule has 6 rings (SSSR count). The van der Waals surface area contributed by atoms with Crippen molar-refractivity contribution in [1.82, 2.24) is 4.90 Å². The van der Waals surface area contributed by atoms with E-state index in [0.29, 0.717) is 27.8 Å². The number of hydrogen-bond acceptors (Lipinski definition) is 4. The standard InChI is InChI=1S/C36H29F3N2O4/c1-17-11-24(12-18(2)21(17)5)30(36(37,38)39)25-13-19(3)31(20(4)14-25)41-34(44)27-10-8-23(16-29(27)35(41)45)22-7-9-26-28(15-22)33(43)40(6)32(26)42/h7-16,30H,1-6H3. The van der Waals surface area contributed by atoms with Gasteiger partial charge >= 0.3 is 6.18 Å². The minimum atomic E-state index is -4.58. The van der Waals surface area contributed by atoms with Gasteiger partial charge in [0.05, 0.1) is 27.9 Å². The molecule has 0 aliphatic carbocycles. The molecule has 228 valence electrons. The summed E-state index contributed by atoms with van der Waals surface area (Å²) in [5.41, 5.74) is 5.59. The molecule has 4 amide bonds. The van der Waals surface area contributed by atoms with Crippen molar-refractivity contribution in [2.24, 2.45) is 0 Å². The maximum absolute atomic E-state index is 14.6. The van der Waals surface area contributed by atoms with Crippen molar-refractivity contribution in [2.75, 3.05) is 11.9 Å². The Labute approximate surface area is 258 Å². The van der Waals surface area contributed by atoms with Gasteiger partial charge in [-0.3, -0.25) is 24.1 Å². The smallest absolute Gasteiger partial charge is 0.277 e. The Hall–Kier alpha value is -5.05. The zero-order chi connectivity index (χ0) is 32.7. The number of carbonyl (C=O) groups is 4. The first-order valence-electron chi connectivity index (χ1n) is 14.4. The van der Waals surface area contributed by atoms with Gasteiger partial charge in [0.1, 0.15) is 5.92 Å². The molecule has 0 N–H and O–H groups in total. The quantitative estimate of drug-likeness (QED) is 0.223. The van der Waals surface area contributed by atoms with Gasteiger partial charge < -0.3 is 0 Å². The highest BCUT2D eigenvalue weighted by Gasteiger charge is 2.44. The third kappa shape index (κ3) is 4.65. The number of fused-ring (bicyclic) bond motifs is 2. The topological polar surface area (TPSA) is 74.8 Å². The van der Waals surface area contributed by atoms with E-state index in [0.717, 1.165) is 26.5 Å². The summed E-state index contributed by atoms with van der Waals surface area (Å²) >= 11 is 0. The van der Waals surface area contributed by atoms with E-state index >= 15 is 0 Å². The van der Waals surface area contributed by atoms with E-state index < -0.39 is 35.7 Å². The molecular weight excluding hydrogens is 581 g/mol. The highest BCUT2D eigenvalue weighted by Crippen LogP contribution is 2.44. The predicted molar refractivity (Wildman–Crippen MR) is 164 cm³/mol. The molecule has 2 heterocycles. The minimum absolute atomic E-state index is 0.0260. The molecule has 0 bridgehead atoms. The van der Waals surface area contributed by atoms with Crippen LogP contribution in [0.25, 0.3) is 11.1 Å². The second-order valence-corrected chi connectivity index (χ2v) is 11.9. The van der Waals surface area contributed by atoms with Crippen molar-refractivity contribution in [3.05, 3.63) is 122 Å². The summed E-state index contributed by atoms with van der Waals surface area (Å²) in [5, 5.41) is 0. The number of alkyl halides is 3. The lowest BCUT2D eigenvalue weighted by molar-refractivity contribution is -0.141. The van der Waals surface area contributed by atoms with Gasteiger partial charge in [0.2, 0.25) is 0 Å². The first-order valence-corrected chi connectivity index (χ1v) is 14.4. The number of hydrogen-bond donors (Lipinski definition) is 0. The van der Waals surface area contributed by atoms with E-state index in [2.05, 4.69) is 0 Å². The second-order valence-electron chi connectivity index (χ2n) is 11.9. The molecule has 1 atom stereocenters. The molecule has 1 unspecified atom stereocenters. The van der Waals surface area contributed by atoms with Crippen LogP contribution < -0.4 is 4.90 Å². The lowest BCUT2D eigenvalue weighted by atomic mass is 9.85. The Morgan fingerprint density at radius 2 is 0.956 bits per heavy atom. The number of halogens is 3. The zero-order valence-electron chi connectivity index (χ0n) is 25.5. The Morgan fingerprint density at radius 1 is 0.556 bits per heavy atom. The van der Waals surface area contributed by atoms with Crippen LogP contribution in [0.3, 0.4) is 0 Å². The molecule has 9 heteroatoms. The van der Waals surface area contributed by atoms with Crippen molar-refractivity contribution < 1.29 is 32.3 Å². The van der Waals surface area contributed by atoms with Crippen molar-refractivity contribution in [1.29, 1.82) is 0 Å². The number of imide groups is 2. The van der Waals surface area contributed by atoms with Gasteiger partial charge in [0.25, 0.3) is 23.6 Å². The zero-order valence-corrected chi connectivity index (χ0v) is 25.5. The molecule has 6 nitrogen and oxygen atoms in total. The largest absolute Gasteiger partial charge is 0.399 e. The molecule has 2 aliphatic heterocycles. The Kier molecular flexibility index (Phi) is 6.84. The van der Waals surface area contributed by atoms with E-state index in [1.165, 1.54) is 25.2 Å². The second kappa shape index (κ2) is 10.3. The molecule has 4 aromatic rings. The molecule has 0 aromatic heterocycles. The van der Waals surface area contributed by atoms with E-state index in [1.807, 2.05) is 6.92 Å². The van der Waals surface area contributed by atoms with Gasteiger partial charge in [-0.25, -0.2) is 4.90 Å². The van der Waals surface area contributed by atoms with Crippen molar-refractivity contribution >= 4 is 29.3 Å². The lowest BCUT2D eigenvalue weighted by Gasteiger charge is -2.26. The third-order valence-corrected chi connectivity index (χ3v) is 8.99. The number of nitrogens with zero attached hydrogens (tertiary/aromatic N) is 2. The summed E-state index contributed by atoms with van der Waals surface area (Å²) in [7, 11) is 1.41. The fourth-order valence-electron chi connectivity index (χ4n) is 6.48. The van der Waals surface area contributed by atoms with Crippen LogP contribution in [0.1, 0.15) is 86.3 Å². The number of aryl methyl sites for hydroxylation is 4. The summed E-state index contributed by atoms with van der Waals surface area (Å²) in [6.07, 6.45) is -4.58. The van der Waals surface area contributed by atoms with E-state index in [-0.39, 0.29) is 33.5 Å². The molecule has 2 aliphatic rings. The molecule has 0 radical (unpaired) electrons. The van der Waals surface area contributed by atoms with E-state index in [1.54, 1.807) is 70.2 Å². The summed E-state index contributed by atoms with van der Waals surface area (Å²) < 4.78 is 43.7. The van der Waals surface area contributed by atoms with E-state index in [4.69, 9.17) is 0 Å². The lowest BCUT2D eigenvalue weighted by Crippen LogP contribution is -2.31. The van der Waals surface area contributed by atoms with Crippen molar-refractivity contribution in [2.45, 2.75) is 46.7 Å². The summed E-state index contributed by atoms with van der Waals surface area (Å²) in [6.45, 7) is 8.64. The van der Waals surface area contributed by atoms with Gasteiger partial charge in [-0.05, 0) is 109 Å². The monoisotopic (exact) mass is 610 g/mol. The normalized spacial score (nSPS) is 15.2. The van der Waals surface area contributed by atoms with Crippen LogP contribution in [-0.2, 0) is 0 Å². The number of benzene rings is 4. The number of carbonyl (C=O) groups excluding carboxylic acids is 4. The highest BCUT2D eigenvalue weighted by atomic mass is 19.4. The van der Waals surface area contributed by atoms with Crippen LogP contribution in [0.2, 0.25) is 0 Å². The average molecular weight is 611 g/mol. The van der Waals surface area contributed by atoms with Crippen molar-refractivity contribution in [3.8, 4) is 11.1 Å². The Bertz CT molecular complexity index is 1960. The van der Waals surface area contributed by atoms with Gasteiger partial charge in [0.15, 0.2) is 0 Å². The van der Waals surface area contributed by atoms with E-state index in [9.17, 15) is 32.3 Å². The van der Waals surface area contributed by atoms with Crippen LogP contribution in [-0.4, -0.2) is 41.8 Å². The number of anilines is 1. The van der Waals surface area contributed by atoms with Crippen molar-refractivity contribution in [3.63, 3.8) is 0 Å². The molecule has 0 fully saturated rings. The first kappa shape index (κ1) is 30.0. The van der Waals surface area contributed by atoms with Gasteiger partial charge in [-0.15, -0.1) is 0 Å². The Morgan fingerprint density at radius 3 is 1.44 bits per heavy atom. The first-order chi connectivity index (χ1) is 21.1. The van der Waals surface area contributed by atoms with Gasteiger partial charge in [0, 0.05) is 7.05 Å². The highest BCUT2D eigenvalue weighted by molar-refractivity contribution is 6.35. The van der Waals surface area contributed by atoms with Gasteiger partial charge in [-0.1, -0.05) is 36.4 Å². The maximum Gasteiger partial charge on any atom is 0.399 e. The Balaban J connectivity index is 1.38. The molecule has 0 saturated heterocycles. The molecule has 4 aromatic carbocycles. The van der Waals surface area contributed by atoms with Gasteiger partial charge in [-0.2, -0.15) is 13.2 Å². The molecule has 0 spiro atoms. The summed E-state index contributed by atoms with van der Waals surface area (Å²) in [5.74, 6) is -3.88. The summed E-state index contributed by atoms with van der Waals surface area (Å²) in [4.78, 5) is 54.2. The fraction of sp³-hybridized carbons (Fsp3) is 0.222. The number of amides is 4. The average Bonchev–Trinajstić information content (AvgIpc) is 3.34. The molecule has 45 heavy (non-hydrogen) atoms. The minimum Gasteiger partial charge on any atom is -0.277 e. The predicted octanol–water partition coefficient (Wildman–Crippen LogP) is 7.62. The van der Waals surface area contributed by atoms with Crippen LogP contribution in [0.15, 0.2) is 60.7 Å². The maximum atomic E-state index is 14.6. The molecule has 0 saturated carbocycles. The van der Waals surface area contributed by atoms with Crippen LogP contribution in [0, 0.1) is 34.6 Å². The van der Waals surface area contributed by atoms with Crippen LogP contribution >= 0.6 is 0 Å². The molecular formula is C36H29F3N2O4. The third-order valence-electron chi connectivity index (χ3n) is 8.99. The SMILES string of the molecule is Cc1cc(C(c2cc(C)c(N3C(=O)c4ccc(-c5ccc6c(c5)C(=O)N(C)C6=O)cc4C3=O)c(C)c2)C(F)(F)F)cc(C)c1C. The van der Waals surface area contributed by atoms with Crippen LogP contribution in [0.5, 0.6) is 0 Å². The summed E-state index contributed by atoms with van der Waals surface area (Å²) in [6, 6.07) is 15.5. The van der Waals surface area contributed by atoms with Crippen LogP contribution in [0.4, 0.5) is 18.9 Å². The fourth-order valence-corrected chi connectivity index (χ4v) is 6.48. The number of rotatable bonds is 4.